The molecule has 1 aliphatic heterocycles. The molecule has 1 aliphatic rings. The molecule has 0 spiro atoms. The van der Waals surface area contributed by atoms with Crippen LogP contribution in [-0.2, 0) is 0 Å². The monoisotopic (exact) mass is 449 g/mol. The Labute approximate surface area is 161 Å². The van der Waals surface area contributed by atoms with Gasteiger partial charge in [0.05, 0.1) is 6.61 Å². The summed E-state index contributed by atoms with van der Waals surface area (Å²) in [6.07, 6.45) is 3.62. The molecule has 1 aromatic carbocycles. The maximum atomic E-state index is 5.79. The molecule has 1 fully saturated rings. The number of nitrogens with zero attached hydrogens (tertiary/aromatic N) is 1. The van der Waals surface area contributed by atoms with Gasteiger partial charge in [-0.15, -0.1) is 24.0 Å². The van der Waals surface area contributed by atoms with Crippen LogP contribution in [0.1, 0.15) is 24.8 Å². The van der Waals surface area contributed by atoms with Crippen LogP contribution < -0.4 is 15.4 Å². The van der Waals surface area contributed by atoms with Crippen LogP contribution in [0.15, 0.2) is 29.3 Å². The van der Waals surface area contributed by atoms with E-state index >= 15 is 0 Å². The lowest BCUT2D eigenvalue weighted by molar-refractivity contribution is 0.309. The highest BCUT2D eigenvalue weighted by molar-refractivity contribution is 14.0. The van der Waals surface area contributed by atoms with Gasteiger partial charge in [-0.3, -0.25) is 4.99 Å². The number of halogens is 1. The van der Waals surface area contributed by atoms with Gasteiger partial charge < -0.3 is 15.4 Å². The molecule has 1 aromatic rings. The molecule has 130 valence electrons. The zero-order valence-corrected chi connectivity index (χ0v) is 17.2. The van der Waals surface area contributed by atoms with Crippen molar-refractivity contribution in [2.45, 2.75) is 31.4 Å². The maximum Gasteiger partial charge on any atom is 0.191 e. The van der Waals surface area contributed by atoms with E-state index in [1.165, 1.54) is 24.2 Å². The molecule has 1 atom stereocenters. The Morgan fingerprint density at radius 1 is 1.35 bits per heavy atom. The zero-order chi connectivity index (χ0) is 15.6. The average molecular weight is 449 g/mol. The fourth-order valence-electron chi connectivity index (χ4n) is 2.42. The van der Waals surface area contributed by atoms with Crippen LogP contribution in [0.3, 0.4) is 0 Å². The third kappa shape index (κ3) is 7.65. The molecular weight excluding hydrogens is 421 g/mol. The van der Waals surface area contributed by atoms with Crippen LogP contribution in [0.5, 0.6) is 5.75 Å². The van der Waals surface area contributed by atoms with Crippen LogP contribution >= 0.6 is 35.7 Å². The molecule has 1 saturated heterocycles. The van der Waals surface area contributed by atoms with Gasteiger partial charge in [0.15, 0.2) is 5.96 Å². The minimum absolute atomic E-state index is 0. The molecule has 0 amide bonds. The molecule has 0 saturated carbocycles. The maximum absolute atomic E-state index is 5.79. The summed E-state index contributed by atoms with van der Waals surface area (Å²) in [6, 6.07) is 8.12. The van der Waals surface area contributed by atoms with Crippen LogP contribution in [0, 0.1) is 6.92 Å². The van der Waals surface area contributed by atoms with Gasteiger partial charge in [0, 0.05) is 25.4 Å². The lowest BCUT2D eigenvalue weighted by Crippen LogP contribution is -2.40. The Balaban J connectivity index is 0.00000264. The summed E-state index contributed by atoms with van der Waals surface area (Å²) < 4.78 is 5.79. The van der Waals surface area contributed by atoms with E-state index in [9.17, 15) is 0 Å². The summed E-state index contributed by atoms with van der Waals surface area (Å²) in [5, 5.41) is 7.49. The highest BCUT2D eigenvalue weighted by Crippen LogP contribution is 2.25. The third-order valence-electron chi connectivity index (χ3n) is 3.71. The Morgan fingerprint density at radius 2 is 2.17 bits per heavy atom. The lowest BCUT2D eigenvalue weighted by atomic mass is 10.2. The second-order valence-electron chi connectivity index (χ2n) is 5.48. The molecule has 0 radical (unpaired) electrons. The van der Waals surface area contributed by atoms with Crippen molar-refractivity contribution in [1.82, 2.24) is 10.6 Å². The molecule has 0 aliphatic carbocycles. The Bertz CT molecular complexity index is 479. The fourth-order valence-corrected chi connectivity index (χ4v) is 3.62. The van der Waals surface area contributed by atoms with E-state index in [-0.39, 0.29) is 24.0 Å². The van der Waals surface area contributed by atoms with Crippen LogP contribution in [0.25, 0.3) is 0 Å². The number of benzene rings is 1. The van der Waals surface area contributed by atoms with E-state index < -0.39 is 0 Å². The number of thioether (sulfide) groups is 1. The second-order valence-corrected chi connectivity index (χ2v) is 6.89. The van der Waals surface area contributed by atoms with E-state index in [0.29, 0.717) is 6.61 Å². The molecule has 0 aromatic heterocycles. The molecule has 2 N–H and O–H groups in total. The van der Waals surface area contributed by atoms with Gasteiger partial charge in [0.25, 0.3) is 0 Å². The average Bonchev–Trinajstić information content (AvgIpc) is 3.05. The molecule has 6 heteroatoms. The van der Waals surface area contributed by atoms with Crippen molar-refractivity contribution in [2.75, 3.05) is 32.5 Å². The SMILES string of the molecule is CN=C(NCCCOc1ccccc1C)NCC1CCCS1.I. The van der Waals surface area contributed by atoms with Gasteiger partial charge in [0.1, 0.15) is 5.75 Å². The van der Waals surface area contributed by atoms with Crippen molar-refractivity contribution in [1.29, 1.82) is 0 Å². The number of hydrogen-bond donors (Lipinski definition) is 2. The fraction of sp³-hybridized carbons (Fsp3) is 0.588. The molecule has 4 nitrogen and oxygen atoms in total. The normalized spacial score (nSPS) is 17.5. The zero-order valence-electron chi connectivity index (χ0n) is 14.0. The Hall–Kier alpha value is -0.630. The van der Waals surface area contributed by atoms with Gasteiger partial charge in [-0.25, -0.2) is 0 Å². The highest BCUT2D eigenvalue weighted by Gasteiger charge is 2.15. The standard InChI is InChI=1S/C17H27N3OS.HI/c1-14-7-3-4-9-16(14)21-11-6-10-19-17(18-2)20-13-15-8-5-12-22-15;/h3-4,7,9,15H,5-6,8,10-13H2,1-2H3,(H2,18,19,20);1H. The highest BCUT2D eigenvalue weighted by atomic mass is 127. The molecule has 2 rings (SSSR count). The first-order chi connectivity index (χ1) is 10.8. The van der Waals surface area contributed by atoms with Crippen molar-refractivity contribution in [3.8, 4) is 5.75 Å². The molecule has 23 heavy (non-hydrogen) atoms. The number of guanidine groups is 1. The van der Waals surface area contributed by atoms with Gasteiger partial charge in [-0.2, -0.15) is 11.8 Å². The van der Waals surface area contributed by atoms with Gasteiger partial charge in [-0.1, -0.05) is 18.2 Å². The minimum atomic E-state index is 0. The second kappa shape index (κ2) is 11.8. The van der Waals surface area contributed by atoms with Gasteiger partial charge in [-0.05, 0) is 43.6 Å². The van der Waals surface area contributed by atoms with E-state index in [1.807, 2.05) is 25.2 Å². The number of aliphatic imine (C=N–C) groups is 1. The van der Waals surface area contributed by atoms with Crippen molar-refractivity contribution in [2.24, 2.45) is 4.99 Å². The first kappa shape index (κ1) is 20.4. The number of ether oxygens (including phenoxy) is 1. The van der Waals surface area contributed by atoms with E-state index in [2.05, 4.69) is 40.4 Å². The number of rotatable bonds is 7. The van der Waals surface area contributed by atoms with Crippen molar-refractivity contribution in [3.63, 3.8) is 0 Å². The molecular formula is C17H28IN3OS. The third-order valence-corrected chi connectivity index (χ3v) is 5.11. The topological polar surface area (TPSA) is 45.7 Å². The van der Waals surface area contributed by atoms with Crippen LogP contribution in [-0.4, -0.2) is 43.7 Å². The number of nitrogens with one attached hydrogen (secondary N) is 2. The lowest BCUT2D eigenvalue weighted by Gasteiger charge is -2.15. The Morgan fingerprint density at radius 3 is 2.87 bits per heavy atom. The summed E-state index contributed by atoms with van der Waals surface area (Å²) in [5.74, 6) is 3.17. The van der Waals surface area contributed by atoms with Crippen LogP contribution in [0.2, 0.25) is 0 Å². The largest absolute Gasteiger partial charge is 0.493 e. The summed E-state index contributed by atoms with van der Waals surface area (Å²) in [4.78, 5) is 4.26. The summed E-state index contributed by atoms with van der Waals surface area (Å²) in [7, 11) is 1.82. The van der Waals surface area contributed by atoms with Crippen LogP contribution in [0.4, 0.5) is 0 Å². The van der Waals surface area contributed by atoms with Crippen molar-refractivity contribution >= 4 is 41.7 Å². The Kier molecular flexibility index (Phi) is 10.5. The van der Waals surface area contributed by atoms with Crippen molar-refractivity contribution in [3.05, 3.63) is 29.8 Å². The van der Waals surface area contributed by atoms with Crippen molar-refractivity contribution < 1.29 is 4.74 Å². The molecule has 1 heterocycles. The summed E-state index contributed by atoms with van der Waals surface area (Å²) >= 11 is 2.06. The predicted molar refractivity (Wildman–Crippen MR) is 112 cm³/mol. The first-order valence-corrected chi connectivity index (χ1v) is 9.09. The predicted octanol–water partition coefficient (Wildman–Crippen LogP) is 3.44. The smallest absolute Gasteiger partial charge is 0.191 e. The quantitative estimate of drug-likeness (QED) is 0.290. The van der Waals surface area contributed by atoms with Gasteiger partial charge in [0.2, 0.25) is 0 Å². The summed E-state index contributed by atoms with van der Waals surface area (Å²) in [6.45, 7) is 4.65. The van der Waals surface area contributed by atoms with E-state index in [0.717, 1.165) is 36.5 Å². The first-order valence-electron chi connectivity index (χ1n) is 8.04. The van der Waals surface area contributed by atoms with E-state index in [4.69, 9.17) is 4.74 Å². The molecule has 1 unspecified atom stereocenters. The number of aryl methyl sites for hydroxylation is 1. The molecule has 0 bridgehead atoms. The number of para-hydroxylation sites is 1. The van der Waals surface area contributed by atoms with Gasteiger partial charge >= 0.3 is 0 Å². The number of hydrogen-bond acceptors (Lipinski definition) is 3. The van der Waals surface area contributed by atoms with E-state index in [1.54, 1.807) is 0 Å². The summed E-state index contributed by atoms with van der Waals surface area (Å²) in [5.41, 5.74) is 1.18. The minimum Gasteiger partial charge on any atom is -0.493 e.